The molecule has 1 rings (SSSR count). The van der Waals surface area contributed by atoms with Crippen molar-refractivity contribution in [2.45, 2.75) is 18.1 Å². The van der Waals surface area contributed by atoms with Gasteiger partial charge in [0.15, 0.2) is 0 Å². The number of rotatable bonds is 6. The molecule has 0 aliphatic heterocycles. The van der Waals surface area contributed by atoms with Gasteiger partial charge in [0.1, 0.15) is 6.42 Å². The van der Waals surface area contributed by atoms with E-state index in [4.69, 9.17) is 10.5 Å². The van der Waals surface area contributed by atoms with Gasteiger partial charge in [0.2, 0.25) is 5.91 Å². The van der Waals surface area contributed by atoms with Crippen LogP contribution in [0.2, 0.25) is 0 Å². The van der Waals surface area contributed by atoms with Gasteiger partial charge < -0.3 is 5.32 Å². The van der Waals surface area contributed by atoms with Gasteiger partial charge in [0.05, 0.1) is 23.8 Å². The van der Waals surface area contributed by atoms with Crippen molar-refractivity contribution in [1.82, 2.24) is 0 Å². The fourth-order valence-corrected chi connectivity index (χ4v) is 3.72. The van der Waals surface area contributed by atoms with E-state index in [9.17, 15) is 4.79 Å². The number of benzene rings is 1. The normalized spacial score (nSPS) is 11.1. The topological polar surface area (TPSA) is 76.7 Å². The Morgan fingerprint density at radius 2 is 2.21 bits per heavy atom. The maximum Gasteiger partial charge on any atom is 0.238 e. The predicted molar refractivity (Wildman–Crippen MR) is 82.4 cm³/mol. The molecule has 0 heterocycles. The molecule has 1 amide bonds. The zero-order valence-electron chi connectivity index (χ0n) is 9.87. The minimum atomic E-state index is -0.340. The average Bonchev–Trinajstić information content (AvgIpc) is 2.39. The zero-order valence-corrected chi connectivity index (χ0v) is 12.4. The summed E-state index contributed by atoms with van der Waals surface area (Å²) in [7, 11) is 2.79. The molecule has 0 aliphatic carbocycles. The summed E-state index contributed by atoms with van der Waals surface area (Å²) in [5.41, 5.74) is 1.58. The maximum absolute atomic E-state index is 11.3. The molecular formula is C12H11N3OS3. The van der Waals surface area contributed by atoms with Gasteiger partial charge in [0.25, 0.3) is 0 Å². The molecule has 0 aliphatic rings. The highest BCUT2D eigenvalue weighted by atomic mass is 33.5. The third-order valence-electron chi connectivity index (χ3n) is 2.22. The number of carbonyl (C=O) groups excluding carboxylic acids is 1. The summed E-state index contributed by atoms with van der Waals surface area (Å²) < 4.78 is 0. The van der Waals surface area contributed by atoms with Crippen LogP contribution in [0.3, 0.4) is 0 Å². The van der Waals surface area contributed by atoms with Crippen molar-refractivity contribution in [2.24, 2.45) is 0 Å². The fourth-order valence-electron chi connectivity index (χ4n) is 1.44. The second kappa shape index (κ2) is 8.76. The molecule has 19 heavy (non-hydrogen) atoms. The number of nitriles is 2. The Kier molecular flexibility index (Phi) is 7.27. The lowest BCUT2D eigenvalue weighted by atomic mass is 10.1. The number of thiol groups is 1. The van der Waals surface area contributed by atoms with Crippen LogP contribution in [-0.2, 0) is 4.79 Å². The molecule has 1 aromatic rings. The molecule has 0 spiro atoms. The average molecular weight is 309 g/mol. The molecule has 98 valence electrons. The monoisotopic (exact) mass is 309 g/mol. The number of nitrogens with zero attached hydrogens (tertiary/aromatic N) is 2. The minimum Gasteiger partial charge on any atom is -0.325 e. The Morgan fingerprint density at radius 3 is 2.84 bits per heavy atom. The van der Waals surface area contributed by atoms with Crippen molar-refractivity contribution < 1.29 is 4.79 Å². The van der Waals surface area contributed by atoms with Crippen LogP contribution < -0.4 is 5.32 Å². The van der Waals surface area contributed by atoms with E-state index in [1.54, 1.807) is 12.1 Å². The van der Waals surface area contributed by atoms with Crippen LogP contribution in [0.5, 0.6) is 0 Å². The number of anilines is 1. The first-order valence-electron chi connectivity index (χ1n) is 5.32. The zero-order chi connectivity index (χ0) is 14.1. The second-order valence-corrected chi connectivity index (χ2v) is 6.81. The smallest absolute Gasteiger partial charge is 0.238 e. The van der Waals surface area contributed by atoms with Gasteiger partial charge in [0, 0.05) is 5.69 Å². The van der Waals surface area contributed by atoms with Crippen molar-refractivity contribution in [2.75, 3.05) is 5.32 Å². The maximum atomic E-state index is 11.3. The lowest BCUT2D eigenvalue weighted by Crippen LogP contribution is -2.10. The van der Waals surface area contributed by atoms with E-state index >= 15 is 0 Å². The van der Waals surface area contributed by atoms with Gasteiger partial charge >= 0.3 is 0 Å². The molecule has 0 aromatic heterocycles. The first kappa shape index (κ1) is 15.8. The molecule has 1 atom stereocenters. The first-order valence-corrected chi connectivity index (χ1v) is 8.58. The summed E-state index contributed by atoms with van der Waals surface area (Å²) in [5.74, 6) is -0.340. The van der Waals surface area contributed by atoms with Crippen LogP contribution in [0.1, 0.15) is 23.7 Å². The van der Waals surface area contributed by atoms with Crippen molar-refractivity contribution in [3.63, 3.8) is 0 Å². The number of nitrogens with one attached hydrogen (secondary N) is 1. The van der Waals surface area contributed by atoms with E-state index < -0.39 is 0 Å². The summed E-state index contributed by atoms with van der Waals surface area (Å²) in [5, 5.41) is 19.9. The van der Waals surface area contributed by atoms with E-state index in [1.165, 1.54) is 20.6 Å². The summed E-state index contributed by atoms with van der Waals surface area (Å²) >= 11 is 4.08. The SMILES string of the molecule is N#CCC(=O)Nc1cccc(C(CC#N)SSS)c1. The van der Waals surface area contributed by atoms with Gasteiger partial charge in [-0.05, 0) is 27.5 Å². The summed E-state index contributed by atoms with van der Waals surface area (Å²) in [6.07, 6.45) is 0.195. The Labute approximate surface area is 124 Å². The largest absolute Gasteiger partial charge is 0.325 e. The van der Waals surface area contributed by atoms with E-state index in [-0.39, 0.29) is 17.6 Å². The van der Waals surface area contributed by atoms with E-state index in [1.807, 2.05) is 18.2 Å². The molecule has 1 aromatic carbocycles. The van der Waals surface area contributed by atoms with E-state index in [2.05, 4.69) is 23.0 Å². The number of hydrogen-bond donors (Lipinski definition) is 2. The fraction of sp³-hybridized carbons (Fsp3) is 0.250. The van der Waals surface area contributed by atoms with Crippen LogP contribution in [0, 0.1) is 22.7 Å². The van der Waals surface area contributed by atoms with Crippen LogP contribution in [0.4, 0.5) is 5.69 Å². The van der Waals surface area contributed by atoms with Crippen molar-refractivity contribution in [1.29, 1.82) is 10.5 Å². The van der Waals surface area contributed by atoms with Crippen LogP contribution in [-0.4, -0.2) is 5.91 Å². The number of carbonyl (C=O) groups is 1. The lowest BCUT2D eigenvalue weighted by Gasteiger charge is -2.13. The molecule has 1 unspecified atom stereocenters. The predicted octanol–water partition coefficient (Wildman–Crippen LogP) is 3.72. The summed E-state index contributed by atoms with van der Waals surface area (Å²) in [4.78, 5) is 11.3. The highest BCUT2D eigenvalue weighted by molar-refractivity contribution is 9.05. The highest BCUT2D eigenvalue weighted by Gasteiger charge is 2.13. The molecule has 0 radical (unpaired) electrons. The third kappa shape index (κ3) is 5.48. The van der Waals surface area contributed by atoms with Gasteiger partial charge in [-0.15, -0.1) is 0 Å². The van der Waals surface area contributed by atoms with E-state index in [0.29, 0.717) is 12.1 Å². The first-order chi connectivity index (χ1) is 9.21. The Balaban J connectivity index is 2.83. The molecule has 7 heteroatoms. The number of amides is 1. The second-order valence-electron chi connectivity index (χ2n) is 3.53. The highest BCUT2D eigenvalue weighted by Crippen LogP contribution is 2.42. The van der Waals surface area contributed by atoms with Gasteiger partial charge in [-0.2, -0.15) is 10.5 Å². The molecule has 0 saturated carbocycles. The molecule has 4 nitrogen and oxygen atoms in total. The molecule has 0 bridgehead atoms. The van der Waals surface area contributed by atoms with E-state index in [0.717, 1.165) is 5.56 Å². The quantitative estimate of drug-likeness (QED) is 0.618. The lowest BCUT2D eigenvalue weighted by molar-refractivity contribution is -0.115. The Bertz CT molecular complexity index is 522. The Hall–Kier alpha value is -1.28. The van der Waals surface area contributed by atoms with Gasteiger partial charge in [-0.25, -0.2) is 0 Å². The molecule has 1 N–H and O–H groups in total. The van der Waals surface area contributed by atoms with Crippen molar-refractivity contribution in [3.8, 4) is 12.1 Å². The van der Waals surface area contributed by atoms with Crippen LogP contribution >= 0.6 is 32.3 Å². The molecular weight excluding hydrogens is 298 g/mol. The number of hydrogen-bond acceptors (Lipinski definition) is 6. The Morgan fingerprint density at radius 1 is 1.42 bits per heavy atom. The third-order valence-corrected chi connectivity index (χ3v) is 4.70. The summed E-state index contributed by atoms with van der Waals surface area (Å²) in [6.45, 7) is 0. The van der Waals surface area contributed by atoms with Gasteiger partial charge in [-0.3, -0.25) is 4.79 Å². The molecule has 0 fully saturated rings. The summed E-state index contributed by atoms with van der Waals surface area (Å²) in [6, 6.07) is 11.2. The standard InChI is InChI=1S/C12H11N3OS3/c13-6-4-11(18-19-17)9-2-1-3-10(8-9)15-12(16)5-7-14/h1-3,8,11,17H,4-5H2,(H,15,16). The van der Waals surface area contributed by atoms with Crippen LogP contribution in [0.15, 0.2) is 24.3 Å². The van der Waals surface area contributed by atoms with Crippen molar-refractivity contribution in [3.05, 3.63) is 29.8 Å². The molecule has 0 saturated heterocycles. The minimum absolute atomic E-state index is 0.000295. The van der Waals surface area contributed by atoms with Crippen molar-refractivity contribution >= 4 is 43.9 Å². The van der Waals surface area contributed by atoms with Crippen LogP contribution in [0.25, 0.3) is 0 Å². The van der Waals surface area contributed by atoms with Gasteiger partial charge in [-0.1, -0.05) is 34.6 Å².